The molecular formula is C21H28N2O3S. The first-order valence-electron chi connectivity index (χ1n) is 9.81. The topological polar surface area (TPSA) is 67.4 Å². The van der Waals surface area contributed by atoms with Crippen LogP contribution in [0.3, 0.4) is 0 Å². The van der Waals surface area contributed by atoms with E-state index in [1.165, 1.54) is 38.5 Å². The summed E-state index contributed by atoms with van der Waals surface area (Å²) in [6.45, 7) is 0. The zero-order chi connectivity index (χ0) is 19.0. The van der Waals surface area contributed by atoms with Crippen LogP contribution in [0.1, 0.15) is 55.3 Å². The molecule has 0 aliphatic heterocycles. The molecule has 1 aromatic carbocycles. The molecule has 4 bridgehead atoms. The molecule has 2 amide bonds. The lowest BCUT2D eigenvalue weighted by molar-refractivity contribution is -0.130. The fourth-order valence-electron chi connectivity index (χ4n) is 6.07. The molecule has 0 spiro atoms. The van der Waals surface area contributed by atoms with E-state index in [0.717, 1.165) is 22.6 Å². The van der Waals surface area contributed by atoms with Crippen molar-refractivity contribution in [3.63, 3.8) is 0 Å². The first kappa shape index (κ1) is 18.7. The smallest absolute Gasteiger partial charge is 0.273 e. The van der Waals surface area contributed by atoms with Gasteiger partial charge in [0, 0.05) is 11.3 Å². The molecule has 146 valence electrons. The van der Waals surface area contributed by atoms with Crippen molar-refractivity contribution < 1.29 is 14.3 Å². The normalized spacial score (nSPS) is 30.8. The number of benzene rings is 1. The lowest BCUT2D eigenvalue weighted by Gasteiger charge is -2.56. The standard InChI is InChI=1S/C21H28N2O3S/c1-26-18-8-16(27-2)3-4-17(18)20(25)23-22-19(24)12-21-9-13-5-14(10-21)7-15(6-13)11-21/h3-4,8,13-15H,5-7,9-12H2,1-2H3,(H,22,24)(H,23,25). The van der Waals surface area contributed by atoms with Gasteiger partial charge in [0.15, 0.2) is 0 Å². The molecule has 4 aliphatic rings. The molecule has 1 aromatic rings. The van der Waals surface area contributed by atoms with Crippen molar-refractivity contribution in [3.8, 4) is 5.75 Å². The Morgan fingerprint density at radius 1 is 1.11 bits per heavy atom. The number of rotatable bonds is 5. The van der Waals surface area contributed by atoms with E-state index >= 15 is 0 Å². The number of methoxy groups -OCH3 is 1. The number of hydrogen-bond acceptors (Lipinski definition) is 4. The molecule has 6 heteroatoms. The van der Waals surface area contributed by atoms with Gasteiger partial charge in [0.2, 0.25) is 5.91 Å². The van der Waals surface area contributed by atoms with Crippen LogP contribution in [0.4, 0.5) is 0 Å². The second kappa shape index (κ2) is 7.38. The highest BCUT2D eigenvalue weighted by molar-refractivity contribution is 7.98. The number of amides is 2. The van der Waals surface area contributed by atoms with Crippen LogP contribution in [0.15, 0.2) is 23.1 Å². The van der Waals surface area contributed by atoms with E-state index in [0.29, 0.717) is 17.7 Å². The highest BCUT2D eigenvalue weighted by Gasteiger charge is 2.51. The molecule has 0 unspecified atom stereocenters. The summed E-state index contributed by atoms with van der Waals surface area (Å²) in [5, 5.41) is 0. The summed E-state index contributed by atoms with van der Waals surface area (Å²) in [6, 6.07) is 5.43. The van der Waals surface area contributed by atoms with Gasteiger partial charge in [0.1, 0.15) is 5.75 Å². The van der Waals surface area contributed by atoms with Crippen molar-refractivity contribution >= 4 is 23.6 Å². The van der Waals surface area contributed by atoms with Crippen LogP contribution in [-0.2, 0) is 4.79 Å². The Balaban J connectivity index is 1.35. The van der Waals surface area contributed by atoms with Crippen LogP contribution in [0.5, 0.6) is 5.75 Å². The fraction of sp³-hybridized carbons (Fsp3) is 0.619. The van der Waals surface area contributed by atoms with Gasteiger partial charge in [-0.15, -0.1) is 11.8 Å². The summed E-state index contributed by atoms with van der Waals surface area (Å²) in [5.74, 6) is 2.53. The number of carbonyl (C=O) groups excluding carboxylic acids is 2. The monoisotopic (exact) mass is 388 g/mol. The molecule has 5 rings (SSSR count). The second-order valence-electron chi connectivity index (χ2n) is 8.66. The summed E-state index contributed by atoms with van der Waals surface area (Å²) < 4.78 is 5.32. The maximum absolute atomic E-state index is 12.6. The van der Waals surface area contributed by atoms with Gasteiger partial charge >= 0.3 is 0 Å². The zero-order valence-corrected chi connectivity index (χ0v) is 16.9. The number of nitrogens with one attached hydrogen (secondary N) is 2. The highest BCUT2D eigenvalue weighted by Crippen LogP contribution is 2.61. The Labute approximate surface area is 165 Å². The van der Waals surface area contributed by atoms with Crippen LogP contribution in [0.2, 0.25) is 0 Å². The van der Waals surface area contributed by atoms with Crippen LogP contribution in [0.25, 0.3) is 0 Å². The predicted molar refractivity (Wildman–Crippen MR) is 106 cm³/mol. The first-order chi connectivity index (χ1) is 13.0. The zero-order valence-electron chi connectivity index (χ0n) is 16.0. The van der Waals surface area contributed by atoms with Crippen LogP contribution in [0, 0.1) is 23.2 Å². The van der Waals surface area contributed by atoms with Crippen molar-refractivity contribution in [3.05, 3.63) is 23.8 Å². The number of hydrogen-bond donors (Lipinski definition) is 2. The van der Waals surface area contributed by atoms with Crippen molar-refractivity contribution in [1.82, 2.24) is 10.9 Å². The summed E-state index contributed by atoms with van der Waals surface area (Å²) in [4.78, 5) is 26.1. The molecule has 5 nitrogen and oxygen atoms in total. The van der Waals surface area contributed by atoms with Crippen molar-refractivity contribution in [2.24, 2.45) is 23.2 Å². The van der Waals surface area contributed by atoms with E-state index in [9.17, 15) is 9.59 Å². The van der Waals surface area contributed by atoms with Gasteiger partial charge in [0.25, 0.3) is 5.91 Å². The number of thioether (sulfide) groups is 1. The Bertz CT molecular complexity index is 714. The molecule has 0 aromatic heterocycles. The van der Waals surface area contributed by atoms with Gasteiger partial charge in [0.05, 0.1) is 12.7 Å². The van der Waals surface area contributed by atoms with Gasteiger partial charge < -0.3 is 4.74 Å². The lowest BCUT2D eigenvalue weighted by atomic mass is 9.49. The van der Waals surface area contributed by atoms with E-state index in [2.05, 4.69) is 10.9 Å². The quantitative estimate of drug-likeness (QED) is 0.595. The molecule has 4 fully saturated rings. The first-order valence-corrected chi connectivity index (χ1v) is 11.0. The number of ether oxygens (including phenoxy) is 1. The number of hydrazine groups is 1. The average molecular weight is 389 g/mol. The molecule has 27 heavy (non-hydrogen) atoms. The third-order valence-electron chi connectivity index (χ3n) is 6.67. The van der Waals surface area contributed by atoms with Crippen LogP contribution >= 0.6 is 11.8 Å². The third kappa shape index (κ3) is 3.82. The average Bonchev–Trinajstić information content (AvgIpc) is 2.64. The lowest BCUT2D eigenvalue weighted by Crippen LogP contribution is -2.50. The minimum absolute atomic E-state index is 0.0787. The van der Waals surface area contributed by atoms with Crippen LogP contribution in [-0.4, -0.2) is 25.2 Å². The number of carbonyl (C=O) groups is 2. The molecule has 0 atom stereocenters. The molecule has 4 aliphatic carbocycles. The minimum atomic E-state index is -0.349. The molecule has 0 saturated heterocycles. The molecule has 4 saturated carbocycles. The fourth-order valence-corrected chi connectivity index (χ4v) is 6.50. The predicted octanol–water partition coefficient (Wildman–Crippen LogP) is 3.78. The van der Waals surface area contributed by atoms with Crippen LogP contribution < -0.4 is 15.6 Å². The molecule has 0 heterocycles. The van der Waals surface area contributed by atoms with E-state index in [-0.39, 0.29) is 17.2 Å². The van der Waals surface area contributed by atoms with Crippen molar-refractivity contribution in [1.29, 1.82) is 0 Å². The SMILES string of the molecule is COc1cc(SC)ccc1C(=O)NNC(=O)CC12CC3CC(CC(C3)C1)C2. The van der Waals surface area contributed by atoms with Gasteiger partial charge in [-0.05, 0) is 86.1 Å². The Hall–Kier alpha value is -1.69. The second-order valence-corrected chi connectivity index (χ2v) is 9.54. The third-order valence-corrected chi connectivity index (χ3v) is 7.39. The van der Waals surface area contributed by atoms with Gasteiger partial charge in [-0.1, -0.05) is 0 Å². The van der Waals surface area contributed by atoms with Crippen molar-refractivity contribution in [2.45, 2.75) is 49.8 Å². The van der Waals surface area contributed by atoms with Gasteiger partial charge in [-0.3, -0.25) is 20.4 Å². The Morgan fingerprint density at radius 3 is 2.30 bits per heavy atom. The Morgan fingerprint density at radius 2 is 1.74 bits per heavy atom. The Kier molecular flexibility index (Phi) is 5.10. The molecule has 2 N–H and O–H groups in total. The van der Waals surface area contributed by atoms with E-state index in [1.54, 1.807) is 24.9 Å². The molecule has 0 radical (unpaired) electrons. The summed E-state index contributed by atoms with van der Waals surface area (Å²) >= 11 is 1.59. The summed E-state index contributed by atoms with van der Waals surface area (Å²) in [7, 11) is 1.54. The molecular weight excluding hydrogens is 360 g/mol. The van der Waals surface area contributed by atoms with Crippen molar-refractivity contribution in [2.75, 3.05) is 13.4 Å². The van der Waals surface area contributed by atoms with Gasteiger partial charge in [-0.25, -0.2) is 0 Å². The minimum Gasteiger partial charge on any atom is -0.496 e. The summed E-state index contributed by atoms with van der Waals surface area (Å²) in [6.07, 6.45) is 10.1. The van der Waals surface area contributed by atoms with E-state index in [4.69, 9.17) is 4.74 Å². The highest BCUT2D eigenvalue weighted by atomic mass is 32.2. The maximum Gasteiger partial charge on any atom is 0.273 e. The largest absolute Gasteiger partial charge is 0.496 e. The summed E-state index contributed by atoms with van der Waals surface area (Å²) in [5.41, 5.74) is 5.79. The van der Waals surface area contributed by atoms with Gasteiger partial charge in [-0.2, -0.15) is 0 Å². The van der Waals surface area contributed by atoms with E-state index < -0.39 is 0 Å². The van der Waals surface area contributed by atoms with E-state index in [1.807, 2.05) is 18.4 Å². The maximum atomic E-state index is 12.6.